The van der Waals surface area contributed by atoms with E-state index >= 15 is 0 Å². The van der Waals surface area contributed by atoms with Gasteiger partial charge in [-0.3, -0.25) is 4.79 Å². The van der Waals surface area contributed by atoms with Crippen molar-refractivity contribution in [3.63, 3.8) is 0 Å². The zero-order valence-corrected chi connectivity index (χ0v) is 18.3. The zero-order valence-electron chi connectivity index (χ0n) is 18.3. The zero-order chi connectivity index (χ0) is 22.1. The first kappa shape index (κ1) is 20.4. The standard InChI is InChI=1S/C27H26N2O3/c1-18-8-10-19(11-9-18)16-20-12-13-22-25(21-6-2-3-7-23(21)28-26(20)22)27(31)32-17-24(30)29-14-4-5-15-29/h2-3,6-11,16H,4-5,12-15,17H2,1H3/b20-16+. The van der Waals surface area contributed by atoms with Crippen LogP contribution >= 0.6 is 0 Å². The van der Waals surface area contributed by atoms with E-state index in [1.165, 1.54) is 5.56 Å². The van der Waals surface area contributed by atoms with E-state index in [0.717, 1.165) is 72.1 Å². The van der Waals surface area contributed by atoms with Gasteiger partial charge in [0.15, 0.2) is 6.61 Å². The molecule has 2 aromatic carbocycles. The molecule has 1 saturated heterocycles. The number of nitrogens with zero attached hydrogens (tertiary/aromatic N) is 2. The third-order valence-corrected chi connectivity index (χ3v) is 6.35. The number of carbonyl (C=O) groups excluding carboxylic acids is 2. The Hall–Kier alpha value is -3.47. The molecule has 0 spiro atoms. The molecule has 1 amide bonds. The Bertz CT molecular complexity index is 1220. The summed E-state index contributed by atoms with van der Waals surface area (Å²) in [6, 6.07) is 16.0. The summed E-state index contributed by atoms with van der Waals surface area (Å²) in [6.45, 7) is 3.35. The molecule has 1 fully saturated rings. The molecule has 5 heteroatoms. The summed E-state index contributed by atoms with van der Waals surface area (Å²) in [5.74, 6) is -0.560. The van der Waals surface area contributed by atoms with Crippen LogP contribution < -0.4 is 0 Å². The van der Waals surface area contributed by atoms with Crippen molar-refractivity contribution in [1.82, 2.24) is 9.88 Å². The van der Waals surface area contributed by atoms with Gasteiger partial charge in [-0.1, -0.05) is 48.0 Å². The second-order valence-electron chi connectivity index (χ2n) is 8.58. The third kappa shape index (κ3) is 3.91. The predicted octanol–water partition coefficient (Wildman–Crippen LogP) is 4.81. The molecule has 0 N–H and O–H groups in total. The van der Waals surface area contributed by atoms with Crippen LogP contribution in [0.4, 0.5) is 0 Å². The highest BCUT2D eigenvalue weighted by atomic mass is 16.5. The molecule has 162 valence electrons. The Labute approximate surface area is 187 Å². The minimum Gasteiger partial charge on any atom is -0.452 e. The van der Waals surface area contributed by atoms with E-state index < -0.39 is 5.97 Å². The Morgan fingerprint density at radius 1 is 1.03 bits per heavy atom. The maximum atomic E-state index is 13.2. The Balaban J connectivity index is 1.49. The van der Waals surface area contributed by atoms with Crippen molar-refractivity contribution in [3.05, 3.63) is 76.5 Å². The molecular weight excluding hydrogens is 400 g/mol. The summed E-state index contributed by atoms with van der Waals surface area (Å²) in [7, 11) is 0. The van der Waals surface area contributed by atoms with Crippen LogP contribution in [0.15, 0.2) is 48.5 Å². The number of likely N-dealkylation sites (tertiary alicyclic amines) is 1. The number of pyridine rings is 1. The number of carbonyl (C=O) groups is 2. The van der Waals surface area contributed by atoms with E-state index in [1.54, 1.807) is 4.90 Å². The number of esters is 1. The van der Waals surface area contributed by atoms with Gasteiger partial charge in [-0.15, -0.1) is 0 Å². The molecule has 0 saturated carbocycles. The predicted molar refractivity (Wildman–Crippen MR) is 125 cm³/mol. The highest BCUT2D eigenvalue weighted by Gasteiger charge is 2.28. The summed E-state index contributed by atoms with van der Waals surface area (Å²) in [5.41, 5.74) is 6.55. The molecule has 1 aliphatic heterocycles. The van der Waals surface area contributed by atoms with Gasteiger partial charge in [-0.25, -0.2) is 9.78 Å². The Morgan fingerprint density at radius 2 is 1.78 bits per heavy atom. The number of rotatable bonds is 4. The lowest BCUT2D eigenvalue weighted by Gasteiger charge is -2.16. The Morgan fingerprint density at radius 3 is 2.56 bits per heavy atom. The van der Waals surface area contributed by atoms with Gasteiger partial charge in [0.1, 0.15) is 0 Å². The molecule has 32 heavy (non-hydrogen) atoms. The fourth-order valence-electron chi connectivity index (χ4n) is 4.63. The molecule has 2 heterocycles. The van der Waals surface area contributed by atoms with Crippen molar-refractivity contribution in [2.24, 2.45) is 0 Å². The van der Waals surface area contributed by atoms with Gasteiger partial charge in [0.2, 0.25) is 0 Å². The van der Waals surface area contributed by atoms with E-state index in [1.807, 2.05) is 24.3 Å². The number of hydrogen-bond acceptors (Lipinski definition) is 4. The number of allylic oxidation sites excluding steroid dienone is 1. The van der Waals surface area contributed by atoms with Crippen LogP contribution in [0.25, 0.3) is 22.6 Å². The Kier molecular flexibility index (Phi) is 5.48. The molecule has 1 aliphatic carbocycles. The SMILES string of the molecule is Cc1ccc(/C=C2\CCc3c2nc2ccccc2c3C(=O)OCC(=O)N2CCCC2)cc1. The van der Waals surface area contributed by atoms with Gasteiger partial charge >= 0.3 is 5.97 Å². The number of aryl methyl sites for hydroxylation is 1. The maximum absolute atomic E-state index is 13.2. The van der Waals surface area contributed by atoms with Gasteiger partial charge in [0.05, 0.1) is 16.8 Å². The van der Waals surface area contributed by atoms with E-state index in [0.29, 0.717) is 5.56 Å². The number of hydrogen-bond donors (Lipinski definition) is 0. The highest BCUT2D eigenvalue weighted by Crippen LogP contribution is 2.37. The largest absolute Gasteiger partial charge is 0.452 e. The summed E-state index contributed by atoms with van der Waals surface area (Å²) in [5, 5.41) is 0.779. The molecular formula is C27H26N2O3. The minimum absolute atomic E-state index is 0.120. The van der Waals surface area contributed by atoms with Crippen LogP contribution in [-0.2, 0) is 16.0 Å². The lowest BCUT2D eigenvalue weighted by atomic mass is 10.0. The van der Waals surface area contributed by atoms with E-state index in [9.17, 15) is 9.59 Å². The van der Waals surface area contributed by atoms with Gasteiger partial charge in [-0.05, 0) is 61.4 Å². The van der Waals surface area contributed by atoms with Crippen molar-refractivity contribution in [3.8, 4) is 0 Å². The molecule has 5 rings (SSSR count). The summed E-state index contributed by atoms with van der Waals surface area (Å²) in [4.78, 5) is 32.3. The first-order valence-corrected chi connectivity index (χ1v) is 11.2. The normalized spacial score (nSPS) is 16.5. The lowest BCUT2D eigenvalue weighted by Crippen LogP contribution is -2.32. The maximum Gasteiger partial charge on any atom is 0.339 e. The van der Waals surface area contributed by atoms with Crippen molar-refractivity contribution in [1.29, 1.82) is 0 Å². The lowest BCUT2D eigenvalue weighted by molar-refractivity contribution is -0.133. The molecule has 0 unspecified atom stereocenters. The van der Waals surface area contributed by atoms with Crippen LogP contribution in [0, 0.1) is 6.92 Å². The first-order valence-electron chi connectivity index (χ1n) is 11.2. The molecule has 0 bridgehead atoms. The molecule has 2 aliphatic rings. The number of aromatic nitrogens is 1. The van der Waals surface area contributed by atoms with Crippen molar-refractivity contribution in [2.45, 2.75) is 32.6 Å². The number of benzene rings is 2. The van der Waals surface area contributed by atoms with E-state index in [2.05, 4.69) is 37.3 Å². The molecule has 0 atom stereocenters. The van der Waals surface area contributed by atoms with Gasteiger partial charge in [0.25, 0.3) is 5.91 Å². The number of fused-ring (bicyclic) bond motifs is 2. The molecule has 0 radical (unpaired) electrons. The fourth-order valence-corrected chi connectivity index (χ4v) is 4.63. The third-order valence-electron chi connectivity index (χ3n) is 6.35. The minimum atomic E-state index is -0.441. The summed E-state index contributed by atoms with van der Waals surface area (Å²) < 4.78 is 5.52. The second kappa shape index (κ2) is 8.58. The van der Waals surface area contributed by atoms with Crippen molar-refractivity contribution < 1.29 is 14.3 Å². The van der Waals surface area contributed by atoms with Crippen LogP contribution in [0.3, 0.4) is 0 Å². The molecule has 5 nitrogen and oxygen atoms in total. The van der Waals surface area contributed by atoms with E-state index in [-0.39, 0.29) is 12.5 Å². The van der Waals surface area contributed by atoms with Crippen molar-refractivity contribution in [2.75, 3.05) is 19.7 Å². The topological polar surface area (TPSA) is 59.5 Å². The monoisotopic (exact) mass is 426 g/mol. The van der Waals surface area contributed by atoms with Gasteiger partial charge < -0.3 is 9.64 Å². The van der Waals surface area contributed by atoms with Crippen LogP contribution in [0.2, 0.25) is 0 Å². The quantitative estimate of drug-likeness (QED) is 0.562. The fraction of sp³-hybridized carbons (Fsp3) is 0.296. The summed E-state index contributed by atoms with van der Waals surface area (Å²) in [6.07, 6.45) is 5.73. The average Bonchev–Trinajstić information content (AvgIpc) is 3.48. The second-order valence-corrected chi connectivity index (χ2v) is 8.58. The van der Waals surface area contributed by atoms with Crippen LogP contribution in [-0.4, -0.2) is 41.5 Å². The van der Waals surface area contributed by atoms with Crippen molar-refractivity contribution >= 4 is 34.4 Å². The number of amides is 1. The molecule has 3 aromatic rings. The summed E-state index contributed by atoms with van der Waals surface area (Å²) >= 11 is 0. The first-order chi connectivity index (χ1) is 15.6. The van der Waals surface area contributed by atoms with Gasteiger partial charge in [0, 0.05) is 18.5 Å². The highest BCUT2D eigenvalue weighted by molar-refractivity contribution is 6.07. The van der Waals surface area contributed by atoms with E-state index in [4.69, 9.17) is 9.72 Å². The van der Waals surface area contributed by atoms with Crippen LogP contribution in [0.5, 0.6) is 0 Å². The smallest absolute Gasteiger partial charge is 0.339 e. The number of para-hydroxylation sites is 1. The average molecular weight is 427 g/mol. The van der Waals surface area contributed by atoms with Crippen LogP contribution in [0.1, 0.15) is 52.0 Å². The number of ether oxygens (including phenoxy) is 1. The molecule has 1 aromatic heterocycles. The van der Waals surface area contributed by atoms with Gasteiger partial charge in [-0.2, -0.15) is 0 Å².